The maximum atomic E-state index is 12.6. The number of hydrogen-bond acceptors (Lipinski definition) is 4. The summed E-state index contributed by atoms with van der Waals surface area (Å²) in [5.41, 5.74) is 2.22. The first kappa shape index (κ1) is 20.6. The topological polar surface area (TPSA) is 85.2 Å². The lowest BCUT2D eigenvalue weighted by Crippen LogP contribution is -2.48. The van der Waals surface area contributed by atoms with Crippen LogP contribution in [0.1, 0.15) is 30.9 Å². The first-order chi connectivity index (χ1) is 14.1. The zero-order chi connectivity index (χ0) is 20.6. The van der Waals surface area contributed by atoms with E-state index in [0.717, 1.165) is 18.4 Å². The van der Waals surface area contributed by atoms with Gasteiger partial charge in [-0.25, -0.2) is 0 Å². The van der Waals surface area contributed by atoms with Gasteiger partial charge in [-0.3, -0.25) is 14.5 Å². The fourth-order valence-electron chi connectivity index (χ4n) is 3.56. The Labute approximate surface area is 171 Å². The Morgan fingerprint density at radius 3 is 2.55 bits per heavy atom. The van der Waals surface area contributed by atoms with E-state index in [-0.39, 0.29) is 23.8 Å². The second kappa shape index (κ2) is 9.85. The van der Waals surface area contributed by atoms with Gasteiger partial charge in [0.25, 0.3) is 0 Å². The van der Waals surface area contributed by atoms with Crippen LogP contribution in [0.15, 0.2) is 54.6 Å². The largest absolute Gasteiger partial charge is 0.352 e. The molecule has 2 amide bonds. The quantitative estimate of drug-likeness (QED) is 0.794. The number of carbonyl (C=O) groups is 2. The summed E-state index contributed by atoms with van der Waals surface area (Å²) in [7, 11) is 0. The third-order valence-electron chi connectivity index (χ3n) is 5.40. The zero-order valence-corrected chi connectivity index (χ0v) is 16.6. The number of amides is 2. The van der Waals surface area contributed by atoms with Crippen molar-refractivity contribution in [3.63, 3.8) is 0 Å². The molecule has 1 heterocycles. The minimum Gasteiger partial charge on any atom is -0.352 e. The van der Waals surface area contributed by atoms with E-state index in [1.165, 1.54) is 0 Å². The fourth-order valence-corrected chi connectivity index (χ4v) is 3.56. The Kier molecular flexibility index (Phi) is 6.99. The van der Waals surface area contributed by atoms with Gasteiger partial charge >= 0.3 is 0 Å². The highest BCUT2D eigenvalue weighted by molar-refractivity contribution is 5.94. The second-order valence-electron chi connectivity index (χ2n) is 7.37. The smallest absolute Gasteiger partial charge is 0.241 e. The number of rotatable bonds is 6. The summed E-state index contributed by atoms with van der Waals surface area (Å²) in [6.07, 6.45) is 1.48. The Bertz CT molecular complexity index is 883. The van der Waals surface area contributed by atoms with Gasteiger partial charge in [0.2, 0.25) is 11.8 Å². The zero-order valence-electron chi connectivity index (χ0n) is 16.6. The van der Waals surface area contributed by atoms with Crippen molar-refractivity contribution in [3.05, 3.63) is 65.7 Å². The molecule has 2 aromatic rings. The molecular weight excluding hydrogens is 364 g/mol. The summed E-state index contributed by atoms with van der Waals surface area (Å²) in [6.45, 7) is 3.83. The second-order valence-corrected chi connectivity index (χ2v) is 7.37. The van der Waals surface area contributed by atoms with Gasteiger partial charge in [0.05, 0.1) is 17.7 Å². The van der Waals surface area contributed by atoms with Crippen LogP contribution in [0.4, 0.5) is 5.69 Å². The molecule has 0 aromatic heterocycles. The van der Waals surface area contributed by atoms with Crippen molar-refractivity contribution in [1.82, 2.24) is 10.2 Å². The molecule has 29 heavy (non-hydrogen) atoms. The molecule has 0 unspecified atom stereocenters. The molecule has 0 bridgehead atoms. The van der Waals surface area contributed by atoms with Crippen molar-refractivity contribution in [2.75, 3.05) is 18.4 Å². The molecule has 1 aliphatic rings. The Morgan fingerprint density at radius 2 is 1.86 bits per heavy atom. The first-order valence-electron chi connectivity index (χ1n) is 9.93. The number of nitriles is 1. The Morgan fingerprint density at radius 1 is 1.14 bits per heavy atom. The van der Waals surface area contributed by atoms with Crippen LogP contribution in [0.3, 0.4) is 0 Å². The van der Waals surface area contributed by atoms with Crippen molar-refractivity contribution >= 4 is 17.5 Å². The summed E-state index contributed by atoms with van der Waals surface area (Å²) >= 11 is 0. The van der Waals surface area contributed by atoms with Gasteiger partial charge in [-0.15, -0.1) is 0 Å². The summed E-state index contributed by atoms with van der Waals surface area (Å²) in [4.78, 5) is 27.1. The summed E-state index contributed by atoms with van der Waals surface area (Å²) in [5.74, 6) is -0.0384. The van der Waals surface area contributed by atoms with Gasteiger partial charge < -0.3 is 10.6 Å². The molecule has 1 saturated heterocycles. The van der Waals surface area contributed by atoms with E-state index in [4.69, 9.17) is 5.26 Å². The molecule has 1 atom stereocenters. The van der Waals surface area contributed by atoms with Crippen LogP contribution >= 0.6 is 0 Å². The fraction of sp³-hybridized carbons (Fsp3) is 0.348. The van der Waals surface area contributed by atoms with Crippen LogP contribution in [0.25, 0.3) is 0 Å². The molecule has 150 valence electrons. The van der Waals surface area contributed by atoms with Crippen LogP contribution < -0.4 is 10.6 Å². The van der Waals surface area contributed by atoms with E-state index in [9.17, 15) is 9.59 Å². The lowest BCUT2D eigenvalue weighted by molar-refractivity contribution is -0.127. The van der Waals surface area contributed by atoms with Crippen LogP contribution in [0.2, 0.25) is 0 Å². The minimum atomic E-state index is -0.297. The molecule has 1 aliphatic heterocycles. The number of nitrogens with zero attached hydrogens (tertiary/aromatic N) is 2. The van der Waals surface area contributed by atoms with Crippen molar-refractivity contribution in [3.8, 4) is 6.07 Å². The van der Waals surface area contributed by atoms with E-state index in [1.807, 2.05) is 37.3 Å². The molecular formula is C23H26N4O2. The third-order valence-corrected chi connectivity index (χ3v) is 5.40. The lowest BCUT2D eigenvalue weighted by atomic mass is 9.94. The maximum Gasteiger partial charge on any atom is 0.241 e. The normalized spacial score (nSPS) is 15.9. The van der Waals surface area contributed by atoms with E-state index in [2.05, 4.69) is 21.6 Å². The van der Waals surface area contributed by atoms with Crippen molar-refractivity contribution < 1.29 is 9.59 Å². The van der Waals surface area contributed by atoms with Gasteiger partial charge in [0.1, 0.15) is 0 Å². The molecule has 6 heteroatoms. The predicted molar refractivity (Wildman–Crippen MR) is 112 cm³/mol. The SMILES string of the molecule is C[C@H](C(=O)Nc1cccc(C#N)c1)N1CCC(C(=O)NCc2ccccc2)CC1. The molecule has 0 radical (unpaired) electrons. The monoisotopic (exact) mass is 390 g/mol. The van der Waals surface area contributed by atoms with Gasteiger partial charge in [-0.2, -0.15) is 5.26 Å². The standard InChI is InChI=1S/C23H26N4O2/c1-17(22(28)26-21-9-5-8-19(14-21)15-24)27-12-10-20(11-13-27)23(29)25-16-18-6-3-2-4-7-18/h2-9,14,17,20H,10-13,16H2,1H3,(H,25,29)(H,26,28)/t17-/m1/s1. The number of hydrogen-bond donors (Lipinski definition) is 2. The van der Waals surface area contributed by atoms with Gasteiger partial charge in [-0.05, 0) is 56.6 Å². The molecule has 0 spiro atoms. The number of nitrogens with one attached hydrogen (secondary N) is 2. The lowest BCUT2D eigenvalue weighted by Gasteiger charge is -2.34. The first-order valence-corrected chi connectivity index (χ1v) is 9.93. The van der Waals surface area contributed by atoms with E-state index < -0.39 is 0 Å². The highest BCUT2D eigenvalue weighted by atomic mass is 16.2. The van der Waals surface area contributed by atoms with Crippen LogP contribution in [-0.4, -0.2) is 35.8 Å². The molecule has 2 aromatic carbocycles. The number of anilines is 1. The average Bonchev–Trinajstić information content (AvgIpc) is 2.78. The number of carbonyl (C=O) groups excluding carboxylic acids is 2. The molecule has 0 aliphatic carbocycles. The Balaban J connectivity index is 1.46. The van der Waals surface area contributed by atoms with Crippen molar-refractivity contribution in [2.45, 2.75) is 32.4 Å². The van der Waals surface area contributed by atoms with Gasteiger partial charge in [0, 0.05) is 18.2 Å². The summed E-state index contributed by atoms with van der Waals surface area (Å²) in [6, 6.07) is 18.5. The van der Waals surface area contributed by atoms with Crippen molar-refractivity contribution in [1.29, 1.82) is 5.26 Å². The summed E-state index contributed by atoms with van der Waals surface area (Å²) in [5, 5.41) is 14.9. The third kappa shape index (κ3) is 5.66. The molecule has 6 nitrogen and oxygen atoms in total. The molecule has 3 rings (SSSR count). The van der Waals surface area contributed by atoms with E-state index in [0.29, 0.717) is 30.9 Å². The van der Waals surface area contributed by atoms with Gasteiger partial charge in [-0.1, -0.05) is 36.4 Å². The number of piperidine rings is 1. The van der Waals surface area contributed by atoms with E-state index in [1.54, 1.807) is 24.3 Å². The maximum absolute atomic E-state index is 12.6. The van der Waals surface area contributed by atoms with Crippen LogP contribution in [0.5, 0.6) is 0 Å². The van der Waals surface area contributed by atoms with Gasteiger partial charge in [0.15, 0.2) is 0 Å². The van der Waals surface area contributed by atoms with Crippen LogP contribution in [-0.2, 0) is 16.1 Å². The van der Waals surface area contributed by atoms with E-state index >= 15 is 0 Å². The summed E-state index contributed by atoms with van der Waals surface area (Å²) < 4.78 is 0. The number of likely N-dealkylation sites (tertiary alicyclic amines) is 1. The molecule has 0 saturated carbocycles. The van der Waals surface area contributed by atoms with Crippen LogP contribution in [0, 0.1) is 17.2 Å². The van der Waals surface area contributed by atoms with Crippen molar-refractivity contribution in [2.24, 2.45) is 5.92 Å². The molecule has 2 N–H and O–H groups in total. The average molecular weight is 390 g/mol. The number of benzene rings is 2. The highest BCUT2D eigenvalue weighted by Crippen LogP contribution is 2.20. The highest BCUT2D eigenvalue weighted by Gasteiger charge is 2.29. The Hall–Kier alpha value is -3.17. The minimum absolute atomic E-state index is 0.0162. The predicted octanol–water partition coefficient (Wildman–Crippen LogP) is 2.91. The molecule has 1 fully saturated rings.